The number of carbonyl (C=O) groups excluding carboxylic acids is 3. The van der Waals surface area contributed by atoms with Crippen molar-refractivity contribution in [2.45, 2.75) is 26.3 Å². The average Bonchev–Trinajstić information content (AvgIpc) is 2.88. The SMILES string of the molecule is CC(C)(C)[C@@]1(c2ccccc2)NC(=O)N(CC(=O)N2CCOCC2)C1=O. The van der Waals surface area contributed by atoms with E-state index in [9.17, 15) is 14.4 Å². The zero-order valence-electron chi connectivity index (χ0n) is 15.4. The van der Waals surface area contributed by atoms with Gasteiger partial charge in [-0.25, -0.2) is 4.79 Å². The number of hydrogen-bond donors (Lipinski definition) is 1. The standard InChI is InChI=1S/C19H25N3O4/c1-18(2,3)19(14-7-5-4-6-8-14)16(24)22(17(25)20-19)13-15(23)21-9-11-26-12-10-21/h4-8H,9-13H2,1-3H3,(H,20,25)/t19-/m0/s1. The Kier molecular flexibility index (Phi) is 4.75. The topological polar surface area (TPSA) is 79.0 Å². The molecule has 0 spiro atoms. The smallest absolute Gasteiger partial charge is 0.325 e. The molecule has 2 heterocycles. The second-order valence-electron chi connectivity index (χ2n) is 7.68. The van der Waals surface area contributed by atoms with Gasteiger partial charge in [0.1, 0.15) is 6.54 Å². The van der Waals surface area contributed by atoms with Crippen molar-refractivity contribution in [3.63, 3.8) is 0 Å². The van der Waals surface area contributed by atoms with E-state index >= 15 is 0 Å². The van der Waals surface area contributed by atoms with Gasteiger partial charge in [0, 0.05) is 13.1 Å². The van der Waals surface area contributed by atoms with Crippen LogP contribution in [0.15, 0.2) is 30.3 Å². The fraction of sp³-hybridized carbons (Fsp3) is 0.526. The maximum atomic E-state index is 13.4. The van der Waals surface area contributed by atoms with Crippen LogP contribution >= 0.6 is 0 Å². The maximum absolute atomic E-state index is 13.4. The van der Waals surface area contributed by atoms with Gasteiger partial charge in [0.05, 0.1) is 13.2 Å². The average molecular weight is 359 g/mol. The van der Waals surface area contributed by atoms with Gasteiger partial charge in [0.2, 0.25) is 5.91 Å². The lowest BCUT2D eigenvalue weighted by molar-refractivity contribution is -0.143. The van der Waals surface area contributed by atoms with E-state index in [1.165, 1.54) is 0 Å². The summed E-state index contributed by atoms with van der Waals surface area (Å²) in [5.41, 5.74) is -1.05. The summed E-state index contributed by atoms with van der Waals surface area (Å²) >= 11 is 0. The van der Waals surface area contributed by atoms with Crippen LogP contribution in [0.1, 0.15) is 26.3 Å². The molecule has 1 atom stereocenters. The normalized spacial score (nSPS) is 24.0. The molecular weight excluding hydrogens is 334 g/mol. The lowest BCUT2D eigenvalue weighted by atomic mass is 9.69. The minimum Gasteiger partial charge on any atom is -0.378 e. The highest BCUT2D eigenvalue weighted by atomic mass is 16.5. The summed E-state index contributed by atoms with van der Waals surface area (Å²) in [6, 6.07) is 8.66. The zero-order chi connectivity index (χ0) is 18.9. The summed E-state index contributed by atoms with van der Waals surface area (Å²) in [6.07, 6.45) is 0. The number of nitrogens with one attached hydrogen (secondary N) is 1. The Morgan fingerprint density at radius 3 is 2.35 bits per heavy atom. The number of benzene rings is 1. The summed E-state index contributed by atoms with van der Waals surface area (Å²) in [7, 11) is 0. The third-order valence-electron chi connectivity index (χ3n) is 5.09. The van der Waals surface area contributed by atoms with Gasteiger partial charge in [-0.1, -0.05) is 51.1 Å². The monoisotopic (exact) mass is 359 g/mol. The minimum atomic E-state index is -1.20. The second kappa shape index (κ2) is 6.72. The van der Waals surface area contributed by atoms with Crippen LogP contribution < -0.4 is 5.32 Å². The van der Waals surface area contributed by atoms with Crippen LogP contribution in [0.3, 0.4) is 0 Å². The fourth-order valence-corrected chi connectivity index (χ4v) is 3.59. The minimum absolute atomic E-state index is 0.241. The molecule has 0 saturated carbocycles. The zero-order valence-corrected chi connectivity index (χ0v) is 15.4. The summed E-state index contributed by atoms with van der Waals surface area (Å²) in [5, 5.41) is 2.87. The van der Waals surface area contributed by atoms with E-state index in [2.05, 4.69) is 5.32 Å². The molecule has 2 aliphatic heterocycles. The van der Waals surface area contributed by atoms with E-state index in [0.717, 1.165) is 4.90 Å². The first-order chi connectivity index (χ1) is 12.3. The van der Waals surface area contributed by atoms with Gasteiger partial charge >= 0.3 is 6.03 Å². The Labute approximate surface area is 153 Å². The van der Waals surface area contributed by atoms with E-state index in [-0.39, 0.29) is 18.4 Å². The van der Waals surface area contributed by atoms with Crippen LogP contribution in [-0.2, 0) is 19.9 Å². The first kappa shape index (κ1) is 18.4. The lowest BCUT2D eigenvalue weighted by Gasteiger charge is -2.39. The van der Waals surface area contributed by atoms with Gasteiger partial charge in [-0.15, -0.1) is 0 Å². The molecule has 2 aliphatic rings. The third-order valence-corrected chi connectivity index (χ3v) is 5.09. The molecule has 26 heavy (non-hydrogen) atoms. The van der Waals surface area contributed by atoms with Gasteiger partial charge in [-0.05, 0) is 11.0 Å². The molecule has 1 aromatic carbocycles. The van der Waals surface area contributed by atoms with Gasteiger partial charge in [-0.2, -0.15) is 0 Å². The molecule has 2 saturated heterocycles. The largest absolute Gasteiger partial charge is 0.378 e. The first-order valence-electron chi connectivity index (χ1n) is 8.82. The van der Waals surface area contributed by atoms with Crippen molar-refractivity contribution < 1.29 is 19.1 Å². The molecule has 0 unspecified atom stereocenters. The molecule has 0 bridgehead atoms. The van der Waals surface area contributed by atoms with Crippen molar-refractivity contribution in [2.24, 2.45) is 5.41 Å². The molecule has 3 rings (SSSR count). The number of hydrogen-bond acceptors (Lipinski definition) is 4. The van der Waals surface area contributed by atoms with Crippen molar-refractivity contribution in [1.82, 2.24) is 15.1 Å². The Morgan fingerprint density at radius 2 is 1.77 bits per heavy atom. The van der Waals surface area contributed by atoms with Crippen LogP contribution in [0, 0.1) is 5.41 Å². The van der Waals surface area contributed by atoms with Gasteiger partial charge < -0.3 is 15.0 Å². The molecule has 7 nitrogen and oxygen atoms in total. The second-order valence-corrected chi connectivity index (χ2v) is 7.68. The summed E-state index contributed by atoms with van der Waals surface area (Å²) in [6.45, 7) is 7.37. The van der Waals surface area contributed by atoms with E-state index in [1.54, 1.807) is 4.90 Å². The molecule has 0 aliphatic carbocycles. The summed E-state index contributed by atoms with van der Waals surface area (Å²) < 4.78 is 5.24. The maximum Gasteiger partial charge on any atom is 0.325 e. The number of imide groups is 1. The van der Waals surface area contributed by atoms with E-state index in [0.29, 0.717) is 31.9 Å². The van der Waals surface area contributed by atoms with Crippen LogP contribution in [-0.4, -0.2) is 60.5 Å². The third kappa shape index (κ3) is 2.96. The van der Waals surface area contributed by atoms with Crippen LogP contribution in [0.4, 0.5) is 4.79 Å². The number of morpholine rings is 1. The molecule has 0 aromatic heterocycles. The van der Waals surface area contributed by atoms with Gasteiger partial charge in [0.25, 0.3) is 5.91 Å². The summed E-state index contributed by atoms with van der Waals surface area (Å²) in [4.78, 5) is 41.2. The molecule has 140 valence electrons. The van der Waals surface area contributed by atoms with Crippen LogP contribution in [0.2, 0.25) is 0 Å². The number of nitrogens with zero attached hydrogens (tertiary/aromatic N) is 2. The van der Waals surface area contributed by atoms with Gasteiger partial charge in [-0.3, -0.25) is 14.5 Å². The number of carbonyl (C=O) groups is 3. The quantitative estimate of drug-likeness (QED) is 0.826. The molecule has 0 radical (unpaired) electrons. The Balaban J connectivity index is 1.89. The van der Waals surface area contributed by atoms with E-state index in [1.807, 2.05) is 51.1 Å². The number of amides is 4. The van der Waals surface area contributed by atoms with Crippen molar-refractivity contribution in [2.75, 3.05) is 32.8 Å². The van der Waals surface area contributed by atoms with Crippen molar-refractivity contribution in [3.8, 4) is 0 Å². The summed E-state index contributed by atoms with van der Waals surface area (Å²) in [5.74, 6) is -0.627. The van der Waals surface area contributed by atoms with Crippen molar-refractivity contribution in [3.05, 3.63) is 35.9 Å². The fourth-order valence-electron chi connectivity index (χ4n) is 3.59. The van der Waals surface area contributed by atoms with E-state index < -0.39 is 17.0 Å². The van der Waals surface area contributed by atoms with Crippen LogP contribution in [0.25, 0.3) is 0 Å². The number of rotatable bonds is 3. The number of ether oxygens (including phenoxy) is 1. The highest BCUT2D eigenvalue weighted by molar-refractivity contribution is 6.09. The Bertz CT molecular complexity index is 707. The van der Waals surface area contributed by atoms with Crippen molar-refractivity contribution in [1.29, 1.82) is 0 Å². The Hall–Kier alpha value is -2.41. The van der Waals surface area contributed by atoms with Crippen molar-refractivity contribution >= 4 is 17.8 Å². The Morgan fingerprint density at radius 1 is 1.15 bits per heavy atom. The highest BCUT2D eigenvalue weighted by Crippen LogP contribution is 2.43. The van der Waals surface area contributed by atoms with E-state index in [4.69, 9.17) is 4.74 Å². The molecule has 1 aromatic rings. The number of urea groups is 1. The molecule has 4 amide bonds. The molecule has 2 fully saturated rings. The van der Waals surface area contributed by atoms with Crippen LogP contribution in [0.5, 0.6) is 0 Å². The molecule has 1 N–H and O–H groups in total. The van der Waals surface area contributed by atoms with Gasteiger partial charge in [0.15, 0.2) is 5.54 Å². The lowest BCUT2D eigenvalue weighted by Crippen LogP contribution is -2.54. The molecular formula is C19H25N3O4. The molecule has 7 heteroatoms. The predicted molar refractivity (Wildman–Crippen MR) is 95.2 cm³/mol. The first-order valence-corrected chi connectivity index (χ1v) is 8.82. The highest BCUT2D eigenvalue weighted by Gasteiger charge is 2.59. The predicted octanol–water partition coefficient (Wildman–Crippen LogP) is 1.34.